The van der Waals surface area contributed by atoms with Crippen LogP contribution in [0.3, 0.4) is 0 Å². The predicted molar refractivity (Wildman–Crippen MR) is 91.2 cm³/mol. The lowest BCUT2D eigenvalue weighted by Gasteiger charge is -2.22. The van der Waals surface area contributed by atoms with Crippen LogP contribution in [0.4, 0.5) is 16.2 Å². The van der Waals surface area contributed by atoms with E-state index >= 15 is 0 Å². The zero-order valence-corrected chi connectivity index (χ0v) is 13.8. The van der Waals surface area contributed by atoms with Gasteiger partial charge in [0.25, 0.3) is 0 Å². The van der Waals surface area contributed by atoms with E-state index < -0.39 is 0 Å². The van der Waals surface area contributed by atoms with Crippen molar-refractivity contribution in [2.75, 3.05) is 29.9 Å². The van der Waals surface area contributed by atoms with Crippen molar-refractivity contribution in [1.82, 2.24) is 15.2 Å². The number of hydrogen-bond donors (Lipinski definition) is 1. The molecular weight excluding hydrogens is 293 g/mol. The van der Waals surface area contributed by atoms with E-state index in [0.717, 1.165) is 31.7 Å². The van der Waals surface area contributed by atoms with E-state index in [1.165, 1.54) is 6.07 Å². The summed E-state index contributed by atoms with van der Waals surface area (Å²) in [5, 5.41) is 11.1. The lowest BCUT2D eigenvalue weighted by molar-refractivity contribution is 0.610. The molecule has 0 atom stereocenters. The first-order chi connectivity index (χ1) is 11.2. The number of nitrogens with zero attached hydrogens (tertiary/aromatic N) is 4. The Morgan fingerprint density at radius 1 is 1.13 bits per heavy atom. The van der Waals surface area contributed by atoms with Gasteiger partial charge in [-0.05, 0) is 30.9 Å². The van der Waals surface area contributed by atoms with Gasteiger partial charge in [0.2, 0.25) is 5.95 Å². The van der Waals surface area contributed by atoms with Crippen molar-refractivity contribution in [2.24, 2.45) is 0 Å². The molecule has 0 saturated carbocycles. The van der Waals surface area contributed by atoms with Crippen LogP contribution >= 0.6 is 0 Å². The molecule has 0 saturated heterocycles. The first-order valence-corrected chi connectivity index (χ1v) is 8.16. The molecule has 0 fully saturated rings. The highest BCUT2D eigenvalue weighted by atomic mass is 19.1. The monoisotopic (exact) mass is 317 g/mol. The number of aromatic nitrogens is 3. The van der Waals surface area contributed by atoms with E-state index in [-0.39, 0.29) is 5.82 Å². The summed E-state index contributed by atoms with van der Waals surface area (Å²) in [6.45, 7) is 6.74. The highest BCUT2D eigenvalue weighted by Crippen LogP contribution is 2.12. The van der Waals surface area contributed by atoms with Crippen LogP contribution in [0.1, 0.15) is 32.3 Å². The molecule has 124 valence electrons. The summed E-state index contributed by atoms with van der Waals surface area (Å²) < 4.78 is 13.6. The van der Waals surface area contributed by atoms with Crippen molar-refractivity contribution in [1.29, 1.82) is 0 Å². The Morgan fingerprint density at radius 2 is 1.87 bits per heavy atom. The molecule has 2 rings (SSSR count). The molecular formula is C17H24FN5. The molecule has 0 radical (unpaired) electrons. The molecule has 1 heterocycles. The minimum atomic E-state index is -0.181. The van der Waals surface area contributed by atoms with Crippen molar-refractivity contribution < 1.29 is 4.39 Å². The Hall–Kier alpha value is -2.24. The fraction of sp³-hybridized carbons (Fsp3) is 0.471. The third-order valence-electron chi connectivity index (χ3n) is 3.49. The van der Waals surface area contributed by atoms with Gasteiger partial charge in [-0.1, -0.05) is 32.0 Å². The summed E-state index contributed by atoms with van der Waals surface area (Å²) in [5.74, 6) is 1.13. The van der Waals surface area contributed by atoms with Crippen LogP contribution in [-0.4, -0.2) is 34.8 Å². The van der Waals surface area contributed by atoms with Crippen LogP contribution in [0.25, 0.3) is 0 Å². The summed E-state index contributed by atoms with van der Waals surface area (Å²) in [5.41, 5.74) is 0.683. The average Bonchev–Trinajstić information content (AvgIpc) is 2.57. The maximum Gasteiger partial charge on any atom is 0.244 e. The Bertz CT molecular complexity index is 599. The van der Waals surface area contributed by atoms with E-state index in [9.17, 15) is 4.39 Å². The summed E-state index contributed by atoms with van der Waals surface area (Å²) in [6.07, 6.45) is 4.38. The third kappa shape index (κ3) is 5.16. The first-order valence-electron chi connectivity index (χ1n) is 8.16. The molecule has 0 aliphatic rings. The second-order valence-corrected chi connectivity index (χ2v) is 5.39. The fourth-order valence-electron chi connectivity index (χ4n) is 2.41. The van der Waals surface area contributed by atoms with Gasteiger partial charge < -0.3 is 10.2 Å². The van der Waals surface area contributed by atoms with E-state index in [2.05, 4.69) is 39.2 Å². The molecule has 1 N–H and O–H groups in total. The summed E-state index contributed by atoms with van der Waals surface area (Å²) in [6, 6.07) is 6.79. The van der Waals surface area contributed by atoms with E-state index in [0.29, 0.717) is 24.5 Å². The van der Waals surface area contributed by atoms with Gasteiger partial charge in [0.1, 0.15) is 5.82 Å². The SMILES string of the molecule is CCCN(CCC)c1cnnc(NCCc2ccccc2F)n1. The van der Waals surface area contributed by atoms with Crippen LogP contribution in [0.2, 0.25) is 0 Å². The fourth-order valence-corrected chi connectivity index (χ4v) is 2.41. The zero-order chi connectivity index (χ0) is 16.5. The molecule has 0 amide bonds. The summed E-state index contributed by atoms with van der Waals surface area (Å²) in [7, 11) is 0. The van der Waals surface area contributed by atoms with Crippen LogP contribution in [-0.2, 0) is 6.42 Å². The average molecular weight is 317 g/mol. The number of anilines is 2. The van der Waals surface area contributed by atoms with Gasteiger partial charge in [-0.2, -0.15) is 10.1 Å². The number of benzene rings is 1. The number of hydrogen-bond acceptors (Lipinski definition) is 5. The van der Waals surface area contributed by atoms with Gasteiger partial charge in [-0.3, -0.25) is 0 Å². The normalized spacial score (nSPS) is 10.6. The second-order valence-electron chi connectivity index (χ2n) is 5.39. The van der Waals surface area contributed by atoms with E-state index in [1.807, 2.05) is 6.07 Å². The molecule has 6 heteroatoms. The number of rotatable bonds is 9. The van der Waals surface area contributed by atoms with Gasteiger partial charge in [0.05, 0.1) is 6.20 Å². The molecule has 0 aliphatic carbocycles. The van der Waals surface area contributed by atoms with Gasteiger partial charge in [-0.15, -0.1) is 5.10 Å². The van der Waals surface area contributed by atoms with Crippen molar-refractivity contribution in [3.63, 3.8) is 0 Å². The molecule has 1 aromatic carbocycles. The number of halogens is 1. The van der Waals surface area contributed by atoms with Crippen molar-refractivity contribution >= 4 is 11.8 Å². The van der Waals surface area contributed by atoms with Crippen molar-refractivity contribution in [3.8, 4) is 0 Å². The molecule has 0 bridgehead atoms. The molecule has 0 spiro atoms. The van der Waals surface area contributed by atoms with Crippen LogP contribution in [0.5, 0.6) is 0 Å². The maximum atomic E-state index is 13.6. The quantitative estimate of drug-likeness (QED) is 0.769. The summed E-state index contributed by atoms with van der Waals surface area (Å²) in [4.78, 5) is 6.72. The zero-order valence-electron chi connectivity index (χ0n) is 13.8. The van der Waals surface area contributed by atoms with Gasteiger partial charge >= 0.3 is 0 Å². The second kappa shape index (κ2) is 9.02. The minimum Gasteiger partial charge on any atom is -0.355 e. The minimum absolute atomic E-state index is 0.181. The van der Waals surface area contributed by atoms with Crippen LogP contribution < -0.4 is 10.2 Å². The van der Waals surface area contributed by atoms with Gasteiger partial charge in [-0.25, -0.2) is 4.39 Å². The Balaban J connectivity index is 1.95. The molecule has 0 unspecified atom stereocenters. The number of nitrogens with one attached hydrogen (secondary N) is 1. The Labute approximate surface area is 137 Å². The molecule has 2 aromatic rings. The lowest BCUT2D eigenvalue weighted by Crippen LogP contribution is -2.26. The van der Waals surface area contributed by atoms with Crippen LogP contribution in [0.15, 0.2) is 30.5 Å². The van der Waals surface area contributed by atoms with Crippen molar-refractivity contribution in [2.45, 2.75) is 33.1 Å². The van der Waals surface area contributed by atoms with Gasteiger partial charge in [0, 0.05) is 19.6 Å². The first kappa shape index (κ1) is 17.1. The summed E-state index contributed by atoms with van der Waals surface area (Å²) >= 11 is 0. The topological polar surface area (TPSA) is 53.9 Å². The lowest BCUT2D eigenvalue weighted by atomic mass is 10.1. The molecule has 0 aliphatic heterocycles. The standard InChI is InChI=1S/C17H24FN5/c1-3-11-23(12-4-2)16-13-20-22-17(21-16)19-10-9-14-7-5-6-8-15(14)18/h5-8,13H,3-4,9-12H2,1-2H3,(H,19,21,22). The van der Waals surface area contributed by atoms with E-state index in [4.69, 9.17) is 0 Å². The van der Waals surface area contributed by atoms with Gasteiger partial charge in [0.15, 0.2) is 5.82 Å². The molecule has 5 nitrogen and oxygen atoms in total. The van der Waals surface area contributed by atoms with Crippen LogP contribution in [0, 0.1) is 5.82 Å². The third-order valence-corrected chi connectivity index (χ3v) is 3.49. The molecule has 23 heavy (non-hydrogen) atoms. The Kier molecular flexibility index (Phi) is 6.72. The highest BCUT2D eigenvalue weighted by molar-refractivity contribution is 5.40. The largest absolute Gasteiger partial charge is 0.355 e. The van der Waals surface area contributed by atoms with Crippen molar-refractivity contribution in [3.05, 3.63) is 41.8 Å². The Morgan fingerprint density at radius 3 is 2.57 bits per heavy atom. The molecule has 1 aromatic heterocycles. The smallest absolute Gasteiger partial charge is 0.244 e. The maximum absolute atomic E-state index is 13.6. The van der Waals surface area contributed by atoms with E-state index in [1.54, 1.807) is 18.3 Å². The predicted octanol–water partition coefficient (Wildman–Crippen LogP) is 3.29. The highest BCUT2D eigenvalue weighted by Gasteiger charge is 2.08.